The maximum absolute atomic E-state index is 13.5. The van der Waals surface area contributed by atoms with Gasteiger partial charge in [0.15, 0.2) is 0 Å². The molecule has 0 aliphatic heterocycles. The van der Waals surface area contributed by atoms with Crippen LogP contribution in [0.3, 0.4) is 0 Å². The number of nitrogens with one attached hydrogen (secondary N) is 1. The first-order valence-electron chi connectivity index (χ1n) is 6.04. The van der Waals surface area contributed by atoms with Crippen molar-refractivity contribution in [2.45, 2.75) is 6.92 Å². The maximum atomic E-state index is 13.5. The second kappa shape index (κ2) is 5.68. The average molecular weight is 277 g/mol. The van der Waals surface area contributed by atoms with Crippen molar-refractivity contribution in [1.82, 2.24) is 15.0 Å². The van der Waals surface area contributed by atoms with Crippen LogP contribution < -0.4 is 15.0 Å². The molecule has 0 saturated carbocycles. The van der Waals surface area contributed by atoms with E-state index in [-0.39, 0.29) is 11.8 Å². The molecule has 1 aromatic carbocycles. The molecule has 2 rings (SSSR count). The normalized spacial score (nSPS) is 10.2. The maximum Gasteiger partial charge on any atom is 0.328 e. The van der Waals surface area contributed by atoms with Gasteiger partial charge in [0.2, 0.25) is 11.9 Å². The smallest absolute Gasteiger partial charge is 0.328 e. The number of nitrogens with zero attached hydrogens (tertiary/aromatic N) is 4. The summed E-state index contributed by atoms with van der Waals surface area (Å²) >= 11 is 0. The number of aryl methyl sites for hydroxylation is 1. The molecule has 0 atom stereocenters. The van der Waals surface area contributed by atoms with Crippen molar-refractivity contribution in [3.05, 3.63) is 29.6 Å². The van der Waals surface area contributed by atoms with Crippen LogP contribution in [0, 0.1) is 12.7 Å². The van der Waals surface area contributed by atoms with Crippen LogP contribution >= 0.6 is 0 Å². The fourth-order valence-corrected chi connectivity index (χ4v) is 1.45. The summed E-state index contributed by atoms with van der Waals surface area (Å²) in [6, 6.07) is 4.71. The van der Waals surface area contributed by atoms with Crippen LogP contribution in [0.15, 0.2) is 18.2 Å². The van der Waals surface area contributed by atoms with E-state index in [4.69, 9.17) is 4.74 Å². The minimum Gasteiger partial charge on any atom is -0.424 e. The molecule has 0 aliphatic carbocycles. The third-order valence-electron chi connectivity index (χ3n) is 2.58. The SMILES string of the molecule is CNc1nc(Oc2ccc(C)c(F)c2)nc(N(C)C)n1. The fraction of sp³-hybridized carbons (Fsp3) is 0.308. The zero-order chi connectivity index (χ0) is 14.7. The molecule has 0 amide bonds. The number of aromatic nitrogens is 3. The van der Waals surface area contributed by atoms with Crippen LogP contribution in [0.25, 0.3) is 0 Å². The zero-order valence-corrected chi connectivity index (χ0v) is 11.8. The van der Waals surface area contributed by atoms with E-state index in [0.717, 1.165) is 0 Å². The fourth-order valence-electron chi connectivity index (χ4n) is 1.45. The van der Waals surface area contributed by atoms with E-state index >= 15 is 0 Å². The van der Waals surface area contributed by atoms with Gasteiger partial charge in [-0.15, -0.1) is 0 Å². The van der Waals surface area contributed by atoms with Crippen molar-refractivity contribution in [1.29, 1.82) is 0 Å². The number of ether oxygens (including phenoxy) is 1. The first-order chi connectivity index (χ1) is 9.49. The van der Waals surface area contributed by atoms with Crippen molar-refractivity contribution in [3.8, 4) is 11.8 Å². The summed E-state index contributed by atoms with van der Waals surface area (Å²) in [4.78, 5) is 14.1. The predicted molar refractivity (Wildman–Crippen MR) is 74.9 cm³/mol. The summed E-state index contributed by atoms with van der Waals surface area (Å²) < 4.78 is 19.0. The van der Waals surface area contributed by atoms with E-state index in [1.807, 2.05) is 14.1 Å². The first kappa shape index (κ1) is 14.0. The number of halogens is 1. The summed E-state index contributed by atoms with van der Waals surface area (Å²) in [5, 5.41) is 2.83. The molecule has 0 aliphatic rings. The van der Waals surface area contributed by atoms with Crippen LogP contribution in [0.4, 0.5) is 16.3 Å². The molecular formula is C13H16FN5O. The predicted octanol–water partition coefficient (Wildman–Crippen LogP) is 2.22. The molecule has 6 nitrogen and oxygen atoms in total. The van der Waals surface area contributed by atoms with Gasteiger partial charge >= 0.3 is 6.01 Å². The highest BCUT2D eigenvalue weighted by molar-refractivity contribution is 5.38. The highest BCUT2D eigenvalue weighted by Crippen LogP contribution is 2.22. The van der Waals surface area contributed by atoms with Crippen molar-refractivity contribution in [2.24, 2.45) is 0 Å². The number of rotatable bonds is 4. The summed E-state index contributed by atoms with van der Waals surface area (Å²) in [6.45, 7) is 1.69. The van der Waals surface area contributed by atoms with Gasteiger partial charge in [-0.1, -0.05) is 6.07 Å². The van der Waals surface area contributed by atoms with Crippen molar-refractivity contribution in [2.75, 3.05) is 31.4 Å². The molecule has 0 fully saturated rings. The molecule has 20 heavy (non-hydrogen) atoms. The van der Waals surface area contributed by atoms with Gasteiger partial charge in [-0.25, -0.2) is 4.39 Å². The zero-order valence-electron chi connectivity index (χ0n) is 11.8. The molecule has 1 heterocycles. The Kier molecular flexibility index (Phi) is 3.97. The Labute approximate surface area is 116 Å². The second-order valence-corrected chi connectivity index (χ2v) is 4.40. The van der Waals surface area contributed by atoms with Crippen LogP contribution in [0.2, 0.25) is 0 Å². The van der Waals surface area contributed by atoms with E-state index in [1.165, 1.54) is 6.07 Å². The van der Waals surface area contributed by atoms with Crippen LogP contribution in [0.5, 0.6) is 11.8 Å². The number of hydrogen-bond donors (Lipinski definition) is 1. The molecule has 0 saturated heterocycles. The van der Waals surface area contributed by atoms with Gasteiger partial charge in [0.1, 0.15) is 11.6 Å². The van der Waals surface area contributed by atoms with Crippen molar-refractivity contribution in [3.63, 3.8) is 0 Å². The lowest BCUT2D eigenvalue weighted by Crippen LogP contribution is -2.15. The minimum atomic E-state index is -0.335. The Hall–Kier alpha value is -2.44. The molecule has 0 spiro atoms. The number of hydrogen-bond acceptors (Lipinski definition) is 6. The largest absolute Gasteiger partial charge is 0.424 e. The molecule has 106 valence electrons. The van der Waals surface area contributed by atoms with Crippen LogP contribution in [-0.4, -0.2) is 36.1 Å². The monoisotopic (exact) mass is 277 g/mol. The van der Waals surface area contributed by atoms with Crippen LogP contribution in [-0.2, 0) is 0 Å². The molecule has 0 unspecified atom stereocenters. The van der Waals surface area contributed by atoms with E-state index < -0.39 is 0 Å². The third-order valence-corrected chi connectivity index (χ3v) is 2.58. The number of anilines is 2. The van der Waals surface area contributed by atoms with Gasteiger partial charge in [0.05, 0.1) is 0 Å². The second-order valence-electron chi connectivity index (χ2n) is 4.40. The topological polar surface area (TPSA) is 63.2 Å². The Balaban J connectivity index is 2.32. The van der Waals surface area contributed by atoms with E-state index in [1.54, 1.807) is 31.0 Å². The van der Waals surface area contributed by atoms with E-state index in [9.17, 15) is 4.39 Å². The Morgan fingerprint density at radius 2 is 1.95 bits per heavy atom. The Morgan fingerprint density at radius 3 is 2.55 bits per heavy atom. The summed E-state index contributed by atoms with van der Waals surface area (Å²) in [5.74, 6) is 0.836. The molecule has 7 heteroatoms. The van der Waals surface area contributed by atoms with Gasteiger partial charge in [-0.2, -0.15) is 15.0 Å². The van der Waals surface area contributed by atoms with E-state index in [0.29, 0.717) is 23.2 Å². The standard InChI is InChI=1S/C13H16FN5O/c1-8-5-6-9(7-10(8)14)20-13-17-11(15-2)16-12(18-13)19(3)4/h5-7H,1-4H3,(H,15,16,17,18). The Morgan fingerprint density at radius 1 is 1.20 bits per heavy atom. The summed E-state index contributed by atoms with van der Waals surface area (Å²) in [7, 11) is 5.32. The Bertz CT molecular complexity index is 618. The highest BCUT2D eigenvalue weighted by Gasteiger charge is 2.10. The van der Waals surface area contributed by atoms with Gasteiger partial charge in [0.25, 0.3) is 0 Å². The van der Waals surface area contributed by atoms with Crippen molar-refractivity contribution < 1.29 is 9.13 Å². The van der Waals surface area contributed by atoms with Gasteiger partial charge in [-0.05, 0) is 18.6 Å². The van der Waals surface area contributed by atoms with E-state index in [2.05, 4.69) is 20.3 Å². The summed E-state index contributed by atoms with van der Waals surface area (Å²) in [6.07, 6.45) is 0. The first-order valence-corrected chi connectivity index (χ1v) is 6.04. The molecule has 0 radical (unpaired) electrons. The van der Waals surface area contributed by atoms with Crippen molar-refractivity contribution >= 4 is 11.9 Å². The highest BCUT2D eigenvalue weighted by atomic mass is 19.1. The minimum absolute atomic E-state index is 0.108. The molecule has 1 aromatic heterocycles. The van der Waals surface area contributed by atoms with Gasteiger partial charge in [0, 0.05) is 27.2 Å². The number of benzene rings is 1. The van der Waals surface area contributed by atoms with Gasteiger partial charge < -0.3 is 15.0 Å². The molecule has 0 bridgehead atoms. The average Bonchev–Trinajstić information content (AvgIpc) is 2.42. The lowest BCUT2D eigenvalue weighted by Gasteiger charge is -2.12. The van der Waals surface area contributed by atoms with Gasteiger partial charge in [-0.3, -0.25) is 0 Å². The third kappa shape index (κ3) is 3.11. The quantitative estimate of drug-likeness (QED) is 0.924. The molecule has 1 N–H and O–H groups in total. The lowest BCUT2D eigenvalue weighted by atomic mass is 10.2. The summed E-state index contributed by atoms with van der Waals surface area (Å²) in [5.41, 5.74) is 0.554. The lowest BCUT2D eigenvalue weighted by molar-refractivity contribution is 0.436. The molecular weight excluding hydrogens is 261 g/mol. The molecule has 2 aromatic rings. The van der Waals surface area contributed by atoms with Crippen LogP contribution in [0.1, 0.15) is 5.56 Å².